The number of aryl methyl sites for hydroxylation is 1. The van der Waals surface area contributed by atoms with Gasteiger partial charge in [0.15, 0.2) is 0 Å². The Labute approximate surface area is 164 Å². The van der Waals surface area contributed by atoms with Crippen molar-refractivity contribution in [2.75, 3.05) is 24.3 Å². The van der Waals surface area contributed by atoms with Crippen molar-refractivity contribution in [2.45, 2.75) is 32.1 Å². The fourth-order valence-electron chi connectivity index (χ4n) is 3.88. The first kappa shape index (κ1) is 18.3. The summed E-state index contributed by atoms with van der Waals surface area (Å²) in [6.07, 6.45) is 10.8. The van der Waals surface area contributed by atoms with E-state index in [-0.39, 0.29) is 11.8 Å². The Morgan fingerprint density at radius 1 is 1.18 bits per heavy atom. The van der Waals surface area contributed by atoms with Crippen LogP contribution in [0.15, 0.2) is 24.7 Å². The second-order valence-electron chi connectivity index (χ2n) is 7.60. The Kier molecular flexibility index (Phi) is 4.93. The average Bonchev–Trinajstić information content (AvgIpc) is 3.13. The van der Waals surface area contributed by atoms with Gasteiger partial charge in [-0.3, -0.25) is 14.5 Å². The Morgan fingerprint density at radius 3 is 2.64 bits per heavy atom. The molecule has 8 nitrogen and oxygen atoms in total. The van der Waals surface area contributed by atoms with Crippen LogP contribution in [0.2, 0.25) is 0 Å². The Bertz CT molecular complexity index is 1000. The van der Waals surface area contributed by atoms with Gasteiger partial charge in [0.1, 0.15) is 11.5 Å². The topological polar surface area (TPSA) is 88.8 Å². The highest BCUT2D eigenvalue weighted by molar-refractivity contribution is 6.01. The first-order valence-electron chi connectivity index (χ1n) is 9.66. The summed E-state index contributed by atoms with van der Waals surface area (Å²) < 4.78 is 1.67. The third kappa shape index (κ3) is 3.54. The predicted molar refractivity (Wildman–Crippen MR) is 109 cm³/mol. The molecule has 0 aromatic carbocycles. The number of fused-ring (bicyclic) bond motifs is 1. The van der Waals surface area contributed by atoms with Gasteiger partial charge < -0.3 is 10.2 Å². The van der Waals surface area contributed by atoms with E-state index in [1.807, 2.05) is 38.3 Å². The van der Waals surface area contributed by atoms with E-state index in [4.69, 9.17) is 0 Å². The van der Waals surface area contributed by atoms with E-state index in [9.17, 15) is 4.79 Å². The largest absolute Gasteiger partial charge is 0.377 e. The van der Waals surface area contributed by atoms with Crippen LogP contribution in [0.1, 0.15) is 32.1 Å². The molecule has 1 N–H and O–H groups in total. The summed E-state index contributed by atoms with van der Waals surface area (Å²) in [5.74, 6) is 0.712. The van der Waals surface area contributed by atoms with E-state index in [2.05, 4.69) is 25.6 Å². The zero-order valence-electron chi connectivity index (χ0n) is 16.5. The van der Waals surface area contributed by atoms with Gasteiger partial charge in [0.2, 0.25) is 5.91 Å². The molecule has 3 heterocycles. The smallest absolute Gasteiger partial charge is 0.228 e. The molecule has 3 aromatic heterocycles. The molecule has 28 heavy (non-hydrogen) atoms. The molecule has 0 radical (unpaired) electrons. The minimum absolute atomic E-state index is 0.0657. The minimum atomic E-state index is 0.0657. The van der Waals surface area contributed by atoms with Gasteiger partial charge in [-0.25, -0.2) is 4.98 Å². The summed E-state index contributed by atoms with van der Waals surface area (Å²) in [6.45, 7) is 0. The summed E-state index contributed by atoms with van der Waals surface area (Å²) in [5, 5.41) is 12.2. The first-order valence-corrected chi connectivity index (χ1v) is 9.66. The highest BCUT2D eigenvalue weighted by Gasteiger charge is 2.22. The van der Waals surface area contributed by atoms with Crippen LogP contribution in [-0.2, 0) is 11.8 Å². The summed E-state index contributed by atoms with van der Waals surface area (Å²) in [6, 6.07) is 1.90. The number of amides is 1. The number of carbonyl (C=O) groups is 1. The molecule has 1 saturated carbocycles. The molecule has 0 bridgehead atoms. The molecule has 0 atom stereocenters. The molecule has 8 heteroatoms. The summed E-state index contributed by atoms with van der Waals surface area (Å²) in [7, 11) is 5.80. The molecule has 3 aromatic rings. The van der Waals surface area contributed by atoms with Crippen LogP contribution in [0.25, 0.3) is 22.2 Å². The van der Waals surface area contributed by atoms with E-state index < -0.39 is 0 Å². The van der Waals surface area contributed by atoms with Crippen LogP contribution in [0, 0.1) is 5.92 Å². The van der Waals surface area contributed by atoms with Crippen molar-refractivity contribution in [3.05, 3.63) is 24.7 Å². The van der Waals surface area contributed by atoms with Crippen molar-refractivity contribution in [3.8, 4) is 11.3 Å². The van der Waals surface area contributed by atoms with Gasteiger partial charge in [-0.1, -0.05) is 24.5 Å². The number of carbonyl (C=O) groups excluding carboxylic acids is 1. The molecule has 1 amide bonds. The number of rotatable bonds is 4. The first-order chi connectivity index (χ1) is 13.5. The molecule has 4 rings (SSSR count). The van der Waals surface area contributed by atoms with Crippen LogP contribution >= 0.6 is 0 Å². The molecule has 0 saturated heterocycles. The maximum absolute atomic E-state index is 12.6. The zero-order chi connectivity index (χ0) is 19.7. The fraction of sp³-hybridized carbons (Fsp3) is 0.450. The van der Waals surface area contributed by atoms with Gasteiger partial charge in [-0.05, 0) is 18.9 Å². The molecule has 1 aliphatic rings. The van der Waals surface area contributed by atoms with Crippen molar-refractivity contribution in [1.29, 1.82) is 0 Å². The van der Waals surface area contributed by atoms with Gasteiger partial charge in [0.25, 0.3) is 0 Å². The van der Waals surface area contributed by atoms with Crippen molar-refractivity contribution in [1.82, 2.24) is 25.0 Å². The van der Waals surface area contributed by atoms with Crippen molar-refractivity contribution < 1.29 is 4.79 Å². The van der Waals surface area contributed by atoms with Crippen LogP contribution in [0.3, 0.4) is 0 Å². The second kappa shape index (κ2) is 7.53. The molecule has 0 spiro atoms. The second-order valence-corrected chi connectivity index (χ2v) is 7.60. The molecule has 0 unspecified atom stereocenters. The van der Waals surface area contributed by atoms with E-state index in [0.717, 1.165) is 53.5 Å². The third-order valence-electron chi connectivity index (χ3n) is 5.28. The Morgan fingerprint density at radius 2 is 1.96 bits per heavy atom. The number of anilines is 2. The van der Waals surface area contributed by atoms with Crippen molar-refractivity contribution in [2.24, 2.45) is 13.0 Å². The van der Waals surface area contributed by atoms with E-state index in [0.29, 0.717) is 5.82 Å². The summed E-state index contributed by atoms with van der Waals surface area (Å²) >= 11 is 0. The van der Waals surface area contributed by atoms with Crippen LogP contribution in [-0.4, -0.2) is 45.0 Å². The van der Waals surface area contributed by atoms with Crippen LogP contribution in [0.5, 0.6) is 0 Å². The SMILES string of the molecule is CN(C)c1c(-c2cn(C)nn2)cnc2cnc(NC(=O)C3CCCCC3)cc12. The van der Waals surface area contributed by atoms with Gasteiger partial charge in [0.05, 0.1) is 23.6 Å². The minimum Gasteiger partial charge on any atom is -0.377 e. The maximum Gasteiger partial charge on any atom is 0.228 e. The number of pyridine rings is 2. The quantitative estimate of drug-likeness (QED) is 0.750. The Hall–Kier alpha value is -3.03. The van der Waals surface area contributed by atoms with Gasteiger partial charge in [-0.2, -0.15) is 0 Å². The van der Waals surface area contributed by atoms with Gasteiger partial charge >= 0.3 is 0 Å². The zero-order valence-corrected chi connectivity index (χ0v) is 16.5. The standard InChI is InChI=1S/C20H25N7O/c1-26(2)19-14-9-18(23-20(28)13-7-5-4-6-8-13)22-11-16(14)21-10-15(19)17-12-27(3)25-24-17/h9-13H,4-8H2,1-3H3,(H,22,23,28). The van der Waals surface area contributed by atoms with Crippen molar-refractivity contribution >= 4 is 28.3 Å². The van der Waals surface area contributed by atoms with Gasteiger partial charge in [0, 0.05) is 44.2 Å². The highest BCUT2D eigenvalue weighted by atomic mass is 16.1. The lowest BCUT2D eigenvalue weighted by Gasteiger charge is -2.21. The van der Waals surface area contributed by atoms with E-state index in [1.165, 1.54) is 6.42 Å². The number of hydrogen-bond donors (Lipinski definition) is 1. The monoisotopic (exact) mass is 379 g/mol. The van der Waals surface area contributed by atoms with E-state index >= 15 is 0 Å². The summed E-state index contributed by atoms with van der Waals surface area (Å²) in [5.41, 5.74) is 3.39. The van der Waals surface area contributed by atoms with E-state index in [1.54, 1.807) is 17.1 Å². The van der Waals surface area contributed by atoms with Crippen LogP contribution in [0.4, 0.5) is 11.5 Å². The number of nitrogens with one attached hydrogen (secondary N) is 1. The molecular weight excluding hydrogens is 354 g/mol. The molecular formula is C20H25N7O. The molecule has 146 valence electrons. The maximum atomic E-state index is 12.6. The number of aromatic nitrogens is 5. The normalized spacial score (nSPS) is 15.0. The van der Waals surface area contributed by atoms with Gasteiger partial charge in [-0.15, -0.1) is 5.10 Å². The molecule has 1 fully saturated rings. The summed E-state index contributed by atoms with van der Waals surface area (Å²) in [4.78, 5) is 23.6. The lowest BCUT2D eigenvalue weighted by atomic mass is 9.89. The third-order valence-corrected chi connectivity index (χ3v) is 5.28. The molecule has 0 aliphatic heterocycles. The Balaban J connectivity index is 1.72. The molecule has 1 aliphatic carbocycles. The lowest BCUT2D eigenvalue weighted by molar-refractivity contribution is -0.120. The van der Waals surface area contributed by atoms with Crippen LogP contribution < -0.4 is 10.2 Å². The lowest BCUT2D eigenvalue weighted by Crippen LogP contribution is -2.25. The highest BCUT2D eigenvalue weighted by Crippen LogP contribution is 2.35. The number of hydrogen-bond acceptors (Lipinski definition) is 6. The average molecular weight is 379 g/mol. The van der Waals surface area contributed by atoms with Crippen molar-refractivity contribution in [3.63, 3.8) is 0 Å². The fourth-order valence-corrected chi connectivity index (χ4v) is 3.88. The number of nitrogens with zero attached hydrogens (tertiary/aromatic N) is 6. The predicted octanol–water partition coefficient (Wildman–Crippen LogP) is 3.01.